The van der Waals surface area contributed by atoms with Crippen LogP contribution < -0.4 is 10.6 Å². The van der Waals surface area contributed by atoms with Crippen LogP contribution in [0.15, 0.2) is 11.4 Å². The summed E-state index contributed by atoms with van der Waals surface area (Å²) in [6.45, 7) is 6.63. The summed E-state index contributed by atoms with van der Waals surface area (Å²) in [4.78, 5) is 21.6. The molecule has 2 heterocycles. The van der Waals surface area contributed by atoms with Crippen molar-refractivity contribution in [1.29, 1.82) is 0 Å². The Hall–Kier alpha value is -1.87. The maximum Gasteiger partial charge on any atom is 0.223 e. The van der Waals surface area contributed by atoms with Gasteiger partial charge >= 0.3 is 0 Å². The van der Waals surface area contributed by atoms with Gasteiger partial charge in [-0.05, 0) is 12.8 Å². The van der Waals surface area contributed by atoms with Crippen LogP contribution in [-0.4, -0.2) is 57.7 Å². The molecule has 2 aromatic heterocycles. The molecule has 2 aromatic rings. The largest absolute Gasteiger partial charge is 0.383 e. The van der Waals surface area contributed by atoms with Crippen LogP contribution in [0.3, 0.4) is 0 Å². The number of methoxy groups -OCH3 is 1. The highest BCUT2D eigenvalue weighted by Crippen LogP contribution is 2.27. The van der Waals surface area contributed by atoms with E-state index in [-0.39, 0.29) is 11.8 Å². The molecule has 1 aliphatic carbocycles. The first-order valence-corrected chi connectivity index (χ1v) is 10.9. The summed E-state index contributed by atoms with van der Waals surface area (Å²) in [6, 6.07) is 0. The number of nitrogens with one attached hydrogen (secondary N) is 2. The van der Waals surface area contributed by atoms with Crippen LogP contribution in [0.1, 0.15) is 39.5 Å². The van der Waals surface area contributed by atoms with Gasteiger partial charge in [-0.2, -0.15) is 5.10 Å². The number of carbonyl (C=O) groups excluding carboxylic acids is 1. The van der Waals surface area contributed by atoms with Crippen LogP contribution in [0.4, 0.5) is 5.82 Å². The van der Waals surface area contributed by atoms with Crippen molar-refractivity contribution in [3.63, 3.8) is 0 Å². The lowest BCUT2D eigenvalue weighted by molar-refractivity contribution is -0.124. The van der Waals surface area contributed by atoms with E-state index in [0.717, 1.165) is 47.7 Å². The van der Waals surface area contributed by atoms with Crippen LogP contribution in [0, 0.1) is 5.92 Å². The Labute approximate surface area is 170 Å². The van der Waals surface area contributed by atoms with Crippen LogP contribution in [0.25, 0.3) is 11.0 Å². The Morgan fingerprint density at radius 1 is 1.32 bits per heavy atom. The highest BCUT2D eigenvalue weighted by atomic mass is 32.2. The lowest BCUT2D eigenvalue weighted by atomic mass is 10.1. The fourth-order valence-electron chi connectivity index (χ4n) is 3.39. The Kier molecular flexibility index (Phi) is 7.50. The van der Waals surface area contributed by atoms with Gasteiger partial charge in [-0.25, -0.2) is 14.6 Å². The number of aromatic nitrogens is 4. The van der Waals surface area contributed by atoms with Gasteiger partial charge in [0.05, 0.1) is 24.7 Å². The lowest BCUT2D eigenvalue weighted by Crippen LogP contribution is -2.32. The molecule has 1 aliphatic rings. The van der Waals surface area contributed by atoms with Crippen molar-refractivity contribution in [2.75, 3.05) is 32.1 Å². The van der Waals surface area contributed by atoms with E-state index in [1.54, 1.807) is 25.1 Å². The number of carbonyl (C=O) groups is 1. The van der Waals surface area contributed by atoms with Crippen molar-refractivity contribution in [3.8, 4) is 0 Å². The molecule has 0 radical (unpaired) electrons. The standard InChI is InChI=1S/C19H30N6O2S/c1-13(2)28-19-23-16(20-9-11-27-3)15-12-22-25(17(15)24-19)10-8-21-18(26)14-6-4-5-7-14/h12-14H,4-11H2,1-3H3,(H,21,26)(H,20,23,24). The number of thioether (sulfide) groups is 1. The molecule has 0 unspecified atom stereocenters. The van der Waals surface area contributed by atoms with Crippen molar-refractivity contribution in [1.82, 2.24) is 25.1 Å². The normalized spacial score (nSPS) is 14.9. The lowest BCUT2D eigenvalue weighted by Gasteiger charge is -2.12. The molecule has 0 saturated heterocycles. The fraction of sp³-hybridized carbons (Fsp3) is 0.684. The molecule has 0 bridgehead atoms. The molecule has 154 valence electrons. The number of hydrogen-bond donors (Lipinski definition) is 2. The third kappa shape index (κ3) is 5.35. The summed E-state index contributed by atoms with van der Waals surface area (Å²) in [5.41, 5.74) is 0.785. The van der Waals surface area contributed by atoms with Gasteiger partial charge in [0.15, 0.2) is 10.8 Å². The topological polar surface area (TPSA) is 94.0 Å². The molecule has 2 N–H and O–H groups in total. The summed E-state index contributed by atoms with van der Waals surface area (Å²) in [6.07, 6.45) is 6.13. The van der Waals surface area contributed by atoms with Gasteiger partial charge in [0.2, 0.25) is 5.91 Å². The third-order valence-electron chi connectivity index (χ3n) is 4.76. The van der Waals surface area contributed by atoms with Crippen molar-refractivity contribution in [2.24, 2.45) is 5.92 Å². The minimum absolute atomic E-state index is 0.168. The van der Waals surface area contributed by atoms with E-state index in [4.69, 9.17) is 9.72 Å². The van der Waals surface area contributed by atoms with Gasteiger partial charge in [-0.3, -0.25) is 4.79 Å². The number of rotatable bonds is 10. The molecule has 1 saturated carbocycles. The van der Waals surface area contributed by atoms with Crippen LogP contribution >= 0.6 is 11.8 Å². The zero-order valence-electron chi connectivity index (χ0n) is 16.9. The molecule has 8 nitrogen and oxygen atoms in total. The minimum atomic E-state index is 0.168. The first-order chi connectivity index (χ1) is 13.6. The Balaban J connectivity index is 1.72. The number of hydrogen-bond acceptors (Lipinski definition) is 7. The molecule has 0 spiro atoms. The van der Waals surface area contributed by atoms with Crippen molar-refractivity contribution < 1.29 is 9.53 Å². The van der Waals surface area contributed by atoms with Crippen LogP contribution in [-0.2, 0) is 16.1 Å². The monoisotopic (exact) mass is 406 g/mol. The van der Waals surface area contributed by atoms with Gasteiger partial charge in [0, 0.05) is 31.4 Å². The second kappa shape index (κ2) is 10.1. The molecular weight excluding hydrogens is 376 g/mol. The molecular formula is C19H30N6O2S. The summed E-state index contributed by atoms with van der Waals surface area (Å²) in [5.74, 6) is 1.12. The Morgan fingerprint density at radius 2 is 2.11 bits per heavy atom. The van der Waals surface area contributed by atoms with Crippen molar-refractivity contribution in [2.45, 2.75) is 56.5 Å². The Bertz CT molecular complexity index is 788. The molecule has 28 heavy (non-hydrogen) atoms. The zero-order valence-corrected chi connectivity index (χ0v) is 17.7. The maximum atomic E-state index is 12.2. The van der Waals surface area contributed by atoms with E-state index in [2.05, 4.69) is 34.6 Å². The second-order valence-electron chi connectivity index (χ2n) is 7.32. The molecule has 1 fully saturated rings. The molecule has 0 aromatic carbocycles. The molecule has 0 aliphatic heterocycles. The predicted molar refractivity (Wildman–Crippen MR) is 112 cm³/mol. The average molecular weight is 407 g/mol. The van der Waals surface area contributed by atoms with E-state index < -0.39 is 0 Å². The third-order valence-corrected chi connectivity index (χ3v) is 5.63. The van der Waals surface area contributed by atoms with Gasteiger partial charge in [-0.1, -0.05) is 38.5 Å². The zero-order chi connectivity index (χ0) is 19.9. The summed E-state index contributed by atoms with van der Waals surface area (Å²) < 4.78 is 6.97. The molecule has 1 amide bonds. The van der Waals surface area contributed by atoms with E-state index >= 15 is 0 Å². The van der Waals surface area contributed by atoms with Crippen LogP contribution in [0.2, 0.25) is 0 Å². The van der Waals surface area contributed by atoms with Gasteiger partial charge in [0.1, 0.15) is 5.82 Å². The van der Waals surface area contributed by atoms with E-state index in [1.165, 1.54) is 0 Å². The molecule has 9 heteroatoms. The highest BCUT2D eigenvalue weighted by molar-refractivity contribution is 7.99. The van der Waals surface area contributed by atoms with Crippen molar-refractivity contribution in [3.05, 3.63) is 6.20 Å². The van der Waals surface area contributed by atoms with Crippen molar-refractivity contribution >= 4 is 34.5 Å². The fourth-order valence-corrected chi connectivity index (χ4v) is 4.09. The quantitative estimate of drug-likeness (QED) is 0.356. The predicted octanol–water partition coefficient (Wildman–Crippen LogP) is 2.69. The summed E-state index contributed by atoms with van der Waals surface area (Å²) in [5, 5.41) is 12.8. The maximum absolute atomic E-state index is 12.2. The summed E-state index contributed by atoms with van der Waals surface area (Å²) in [7, 11) is 1.68. The van der Waals surface area contributed by atoms with Gasteiger partial charge < -0.3 is 15.4 Å². The van der Waals surface area contributed by atoms with E-state index in [9.17, 15) is 4.79 Å². The minimum Gasteiger partial charge on any atom is -0.383 e. The second-order valence-corrected chi connectivity index (χ2v) is 8.86. The first kappa shape index (κ1) is 20.9. The van der Waals surface area contributed by atoms with E-state index in [1.807, 2.05) is 4.68 Å². The smallest absolute Gasteiger partial charge is 0.223 e. The van der Waals surface area contributed by atoms with Crippen LogP contribution in [0.5, 0.6) is 0 Å². The number of ether oxygens (including phenoxy) is 1. The van der Waals surface area contributed by atoms with E-state index in [0.29, 0.717) is 31.5 Å². The molecule has 0 atom stereocenters. The van der Waals surface area contributed by atoms with Gasteiger partial charge in [0.25, 0.3) is 0 Å². The summed E-state index contributed by atoms with van der Waals surface area (Å²) >= 11 is 1.62. The number of amides is 1. The Morgan fingerprint density at radius 3 is 2.82 bits per heavy atom. The highest BCUT2D eigenvalue weighted by Gasteiger charge is 2.22. The average Bonchev–Trinajstić information content (AvgIpc) is 3.32. The first-order valence-electron chi connectivity index (χ1n) is 9.99. The number of anilines is 1. The number of fused-ring (bicyclic) bond motifs is 1. The number of nitrogens with zero attached hydrogens (tertiary/aromatic N) is 4. The SMILES string of the molecule is COCCNc1nc(SC(C)C)nc2c1cnn2CCNC(=O)C1CCCC1. The van der Waals surface area contributed by atoms with Gasteiger partial charge in [-0.15, -0.1) is 0 Å². The molecule has 3 rings (SSSR count).